The summed E-state index contributed by atoms with van der Waals surface area (Å²) in [6.45, 7) is 0. The monoisotopic (exact) mass is 300 g/mol. The molecule has 2 aromatic rings. The summed E-state index contributed by atoms with van der Waals surface area (Å²) in [4.78, 5) is 16.3. The molecule has 2 aromatic heterocycles. The summed E-state index contributed by atoms with van der Waals surface area (Å²) < 4.78 is 1.61. The first-order valence-corrected chi connectivity index (χ1v) is 7.49. The van der Waals surface area contributed by atoms with E-state index in [0.29, 0.717) is 11.6 Å². The molecule has 0 spiro atoms. The zero-order chi connectivity index (χ0) is 15.5. The van der Waals surface area contributed by atoms with E-state index in [1.54, 1.807) is 36.4 Å². The topological polar surface area (TPSA) is 80.0 Å². The minimum absolute atomic E-state index is 0.000283. The molecule has 0 unspecified atom stereocenters. The quantitative estimate of drug-likeness (QED) is 0.861. The molecule has 22 heavy (non-hydrogen) atoms. The summed E-state index contributed by atoms with van der Waals surface area (Å²) in [6.07, 6.45) is 7.22. The van der Waals surface area contributed by atoms with Gasteiger partial charge >= 0.3 is 0 Å². The second-order valence-corrected chi connectivity index (χ2v) is 5.90. The van der Waals surface area contributed by atoms with Gasteiger partial charge in [0.25, 0.3) is 5.91 Å². The van der Waals surface area contributed by atoms with Gasteiger partial charge < -0.3 is 10.4 Å². The number of carbonyl (C=O) groups excluding carboxylic acids is 1. The molecule has 2 heterocycles. The number of aliphatic hydroxyl groups is 1. The lowest BCUT2D eigenvalue weighted by molar-refractivity contribution is 0.0238. The molecule has 1 saturated carbocycles. The van der Waals surface area contributed by atoms with E-state index in [0.717, 1.165) is 24.8 Å². The number of aromatic nitrogens is 3. The maximum absolute atomic E-state index is 12.3. The first-order valence-electron chi connectivity index (χ1n) is 7.49. The summed E-state index contributed by atoms with van der Waals surface area (Å²) in [5.41, 5.74) is 1.55. The third-order valence-electron chi connectivity index (χ3n) is 4.19. The molecule has 6 nitrogen and oxygen atoms in total. The molecular formula is C16H20N4O2. The van der Waals surface area contributed by atoms with Crippen molar-refractivity contribution in [2.75, 3.05) is 0 Å². The molecule has 0 bridgehead atoms. The van der Waals surface area contributed by atoms with Crippen molar-refractivity contribution in [3.8, 4) is 0 Å². The standard InChI is InChI=1S/C16H20N4O2/c1-20-7-4-14(19-20)16(22)18-15(12-9-13(21)10-12)8-11-2-5-17-6-3-11/h2-7,12-13,15,21H,8-10H2,1H3,(H,18,22)/t12?,13?,15-/m0/s1. The molecular weight excluding hydrogens is 280 g/mol. The lowest BCUT2D eigenvalue weighted by Crippen LogP contribution is -2.48. The van der Waals surface area contributed by atoms with E-state index in [1.165, 1.54) is 0 Å². The van der Waals surface area contributed by atoms with Crippen molar-refractivity contribution in [2.45, 2.75) is 31.4 Å². The van der Waals surface area contributed by atoms with Gasteiger partial charge in [-0.25, -0.2) is 0 Å². The predicted octanol–water partition coefficient (Wildman–Crippen LogP) is 0.927. The molecule has 0 saturated heterocycles. The number of rotatable bonds is 5. The van der Waals surface area contributed by atoms with Gasteiger partial charge in [-0.05, 0) is 48.9 Å². The Morgan fingerprint density at radius 3 is 2.73 bits per heavy atom. The Labute approximate surface area is 129 Å². The van der Waals surface area contributed by atoms with Crippen molar-refractivity contribution in [1.82, 2.24) is 20.1 Å². The van der Waals surface area contributed by atoms with Crippen molar-refractivity contribution < 1.29 is 9.90 Å². The first kappa shape index (κ1) is 14.7. The Kier molecular flexibility index (Phi) is 4.20. The van der Waals surface area contributed by atoms with Crippen LogP contribution in [0, 0.1) is 5.92 Å². The van der Waals surface area contributed by atoms with Crippen LogP contribution < -0.4 is 5.32 Å². The van der Waals surface area contributed by atoms with Gasteiger partial charge in [-0.3, -0.25) is 14.5 Å². The van der Waals surface area contributed by atoms with E-state index in [9.17, 15) is 9.90 Å². The van der Waals surface area contributed by atoms with E-state index in [1.807, 2.05) is 12.1 Å². The third-order valence-corrected chi connectivity index (χ3v) is 4.19. The van der Waals surface area contributed by atoms with Gasteiger partial charge in [0.1, 0.15) is 5.69 Å². The Bertz CT molecular complexity index is 635. The fraction of sp³-hybridized carbons (Fsp3) is 0.438. The van der Waals surface area contributed by atoms with Crippen molar-refractivity contribution in [3.05, 3.63) is 48.0 Å². The SMILES string of the molecule is Cn1ccc(C(=O)N[C@@H](Cc2ccncc2)C2CC(O)C2)n1. The van der Waals surface area contributed by atoms with Gasteiger partial charge in [0.05, 0.1) is 6.10 Å². The number of pyridine rings is 1. The van der Waals surface area contributed by atoms with E-state index >= 15 is 0 Å². The summed E-state index contributed by atoms with van der Waals surface area (Å²) >= 11 is 0. The maximum atomic E-state index is 12.3. The number of aliphatic hydroxyl groups excluding tert-OH is 1. The number of carbonyl (C=O) groups is 1. The summed E-state index contributed by atoms with van der Waals surface area (Å²) in [7, 11) is 1.79. The molecule has 0 aromatic carbocycles. The van der Waals surface area contributed by atoms with Crippen LogP contribution in [-0.4, -0.2) is 37.9 Å². The Morgan fingerprint density at radius 1 is 1.41 bits per heavy atom. The average molecular weight is 300 g/mol. The highest BCUT2D eigenvalue weighted by Gasteiger charge is 2.35. The molecule has 1 atom stereocenters. The van der Waals surface area contributed by atoms with Crippen LogP contribution >= 0.6 is 0 Å². The first-order chi connectivity index (χ1) is 10.6. The zero-order valence-electron chi connectivity index (χ0n) is 12.5. The number of aryl methyl sites for hydroxylation is 1. The molecule has 1 fully saturated rings. The number of nitrogens with one attached hydrogen (secondary N) is 1. The molecule has 2 N–H and O–H groups in total. The Balaban J connectivity index is 1.69. The number of nitrogens with zero attached hydrogens (tertiary/aromatic N) is 3. The maximum Gasteiger partial charge on any atom is 0.272 e. The van der Waals surface area contributed by atoms with Gasteiger partial charge in [0.15, 0.2) is 0 Å². The van der Waals surface area contributed by atoms with Crippen molar-refractivity contribution in [3.63, 3.8) is 0 Å². The number of amides is 1. The molecule has 0 aliphatic heterocycles. The lowest BCUT2D eigenvalue weighted by Gasteiger charge is -2.38. The van der Waals surface area contributed by atoms with Crippen molar-refractivity contribution in [1.29, 1.82) is 0 Å². The average Bonchev–Trinajstić information content (AvgIpc) is 2.91. The van der Waals surface area contributed by atoms with E-state index in [4.69, 9.17) is 0 Å². The van der Waals surface area contributed by atoms with E-state index < -0.39 is 0 Å². The fourth-order valence-electron chi connectivity index (χ4n) is 2.85. The van der Waals surface area contributed by atoms with Crippen LogP contribution in [0.3, 0.4) is 0 Å². The predicted molar refractivity (Wildman–Crippen MR) is 81.1 cm³/mol. The lowest BCUT2D eigenvalue weighted by atomic mass is 9.75. The summed E-state index contributed by atoms with van der Waals surface area (Å²) in [5.74, 6) is 0.136. The second-order valence-electron chi connectivity index (χ2n) is 5.90. The van der Waals surface area contributed by atoms with Gasteiger partial charge in [0, 0.05) is 31.7 Å². The molecule has 6 heteroatoms. The van der Waals surface area contributed by atoms with Gasteiger partial charge in [-0.1, -0.05) is 0 Å². The molecule has 1 aliphatic carbocycles. The highest BCUT2D eigenvalue weighted by Crippen LogP contribution is 2.31. The number of hydrogen-bond acceptors (Lipinski definition) is 4. The number of hydrogen-bond donors (Lipinski definition) is 2. The highest BCUT2D eigenvalue weighted by atomic mass is 16.3. The van der Waals surface area contributed by atoms with Crippen LogP contribution in [0.2, 0.25) is 0 Å². The molecule has 1 amide bonds. The van der Waals surface area contributed by atoms with Crippen LogP contribution in [0.5, 0.6) is 0 Å². The molecule has 116 valence electrons. The van der Waals surface area contributed by atoms with Gasteiger partial charge in [-0.15, -0.1) is 0 Å². The van der Waals surface area contributed by atoms with E-state index in [2.05, 4.69) is 15.4 Å². The van der Waals surface area contributed by atoms with Crippen LogP contribution in [0.4, 0.5) is 0 Å². The Hall–Kier alpha value is -2.21. The van der Waals surface area contributed by atoms with Crippen molar-refractivity contribution in [2.24, 2.45) is 13.0 Å². The minimum atomic E-state index is -0.239. The molecule has 0 radical (unpaired) electrons. The van der Waals surface area contributed by atoms with Crippen LogP contribution in [0.1, 0.15) is 28.9 Å². The second kappa shape index (κ2) is 6.27. The fourth-order valence-corrected chi connectivity index (χ4v) is 2.85. The van der Waals surface area contributed by atoms with Gasteiger partial charge in [0.2, 0.25) is 0 Å². The van der Waals surface area contributed by atoms with E-state index in [-0.39, 0.29) is 18.1 Å². The normalized spacial score (nSPS) is 21.9. The Morgan fingerprint density at radius 2 is 2.14 bits per heavy atom. The zero-order valence-corrected chi connectivity index (χ0v) is 12.5. The van der Waals surface area contributed by atoms with Crippen LogP contribution in [-0.2, 0) is 13.5 Å². The highest BCUT2D eigenvalue weighted by molar-refractivity contribution is 5.92. The van der Waals surface area contributed by atoms with Crippen LogP contribution in [0.15, 0.2) is 36.8 Å². The summed E-state index contributed by atoms with van der Waals surface area (Å²) in [5, 5.41) is 16.8. The smallest absolute Gasteiger partial charge is 0.272 e. The van der Waals surface area contributed by atoms with Gasteiger partial charge in [-0.2, -0.15) is 5.10 Å². The van der Waals surface area contributed by atoms with Crippen LogP contribution in [0.25, 0.3) is 0 Å². The molecule has 3 rings (SSSR count). The summed E-state index contributed by atoms with van der Waals surface area (Å²) in [6, 6.07) is 5.61. The van der Waals surface area contributed by atoms with Crippen molar-refractivity contribution >= 4 is 5.91 Å². The third kappa shape index (κ3) is 3.33. The largest absolute Gasteiger partial charge is 0.393 e. The molecule has 1 aliphatic rings. The minimum Gasteiger partial charge on any atom is -0.393 e.